The average Bonchev–Trinajstić information content (AvgIpc) is 2.79. The molecular weight excluding hydrogens is 394 g/mol. The van der Waals surface area contributed by atoms with Crippen LogP contribution in [0.3, 0.4) is 0 Å². The molecule has 174 valence electrons. The van der Waals surface area contributed by atoms with Gasteiger partial charge in [0, 0.05) is 32.7 Å². The van der Waals surface area contributed by atoms with Gasteiger partial charge in [0.1, 0.15) is 5.75 Å². The summed E-state index contributed by atoms with van der Waals surface area (Å²) in [5.41, 5.74) is 0.645. The van der Waals surface area contributed by atoms with Crippen LogP contribution in [0.2, 0.25) is 0 Å². The Kier molecular flexibility index (Phi) is 10.1. The predicted octanol–water partition coefficient (Wildman–Crippen LogP) is 1.79. The van der Waals surface area contributed by atoms with Crippen LogP contribution in [0.25, 0.3) is 0 Å². The Morgan fingerprint density at radius 3 is 2.35 bits per heavy atom. The molecule has 1 aliphatic rings. The van der Waals surface area contributed by atoms with Crippen LogP contribution in [-0.2, 0) is 9.53 Å². The zero-order chi connectivity index (χ0) is 22.7. The average molecular weight is 434 g/mol. The van der Waals surface area contributed by atoms with E-state index in [-0.39, 0.29) is 11.9 Å². The highest BCUT2D eigenvalue weighted by Gasteiger charge is 2.27. The number of nitrogens with one attached hydrogen (secondary N) is 3. The lowest BCUT2D eigenvalue weighted by Crippen LogP contribution is -2.47. The van der Waals surface area contributed by atoms with Crippen LogP contribution in [0.15, 0.2) is 29.3 Å². The van der Waals surface area contributed by atoms with Crippen LogP contribution in [0.1, 0.15) is 39.3 Å². The number of guanidine groups is 1. The molecule has 0 radical (unpaired) electrons. The number of amides is 1. The van der Waals surface area contributed by atoms with E-state index in [1.807, 2.05) is 39.8 Å². The predicted molar refractivity (Wildman–Crippen MR) is 125 cm³/mol. The van der Waals surface area contributed by atoms with Crippen molar-refractivity contribution in [2.24, 2.45) is 10.4 Å². The molecule has 2 rings (SSSR count). The number of rotatable bonds is 10. The summed E-state index contributed by atoms with van der Waals surface area (Å²) in [6.07, 6.45) is 0. The van der Waals surface area contributed by atoms with Crippen molar-refractivity contribution >= 4 is 11.9 Å². The minimum atomic E-state index is -0.571. The molecule has 1 amide bonds. The smallest absolute Gasteiger partial charge is 0.227 e. The molecule has 0 spiro atoms. The summed E-state index contributed by atoms with van der Waals surface area (Å²) in [5, 5.41) is 9.67. The number of ether oxygens (including phenoxy) is 2. The van der Waals surface area contributed by atoms with Gasteiger partial charge in [-0.1, -0.05) is 12.1 Å². The van der Waals surface area contributed by atoms with Crippen LogP contribution in [0, 0.1) is 5.41 Å². The number of carbonyl (C=O) groups excluding carboxylic acids is 1. The number of hydrogen-bond acceptors (Lipinski definition) is 5. The minimum Gasteiger partial charge on any atom is -0.497 e. The summed E-state index contributed by atoms with van der Waals surface area (Å²) in [7, 11) is 1.68. The fourth-order valence-electron chi connectivity index (χ4n) is 3.46. The molecule has 0 aliphatic carbocycles. The molecule has 1 heterocycles. The maximum absolute atomic E-state index is 12.3. The van der Waals surface area contributed by atoms with Crippen molar-refractivity contribution in [2.75, 3.05) is 59.6 Å². The number of methoxy groups -OCH3 is 1. The first-order valence-corrected chi connectivity index (χ1v) is 11.2. The molecule has 31 heavy (non-hydrogen) atoms. The third-order valence-electron chi connectivity index (χ3n) is 5.38. The van der Waals surface area contributed by atoms with Crippen molar-refractivity contribution in [3.05, 3.63) is 29.8 Å². The Morgan fingerprint density at radius 2 is 1.77 bits per heavy atom. The number of nitrogens with zero attached hydrogens (tertiary/aromatic N) is 2. The molecule has 1 aliphatic heterocycles. The van der Waals surface area contributed by atoms with Crippen molar-refractivity contribution in [2.45, 2.75) is 33.7 Å². The van der Waals surface area contributed by atoms with Crippen LogP contribution < -0.4 is 20.7 Å². The lowest BCUT2D eigenvalue weighted by molar-refractivity contribution is -0.128. The first kappa shape index (κ1) is 24.9. The van der Waals surface area contributed by atoms with Gasteiger partial charge in [0.2, 0.25) is 5.91 Å². The first-order valence-electron chi connectivity index (χ1n) is 11.2. The van der Waals surface area contributed by atoms with E-state index in [1.165, 1.54) is 5.56 Å². The fraction of sp³-hybridized carbons (Fsp3) is 0.652. The molecule has 0 aromatic heterocycles. The number of carbonyl (C=O) groups is 1. The Labute approximate surface area is 186 Å². The largest absolute Gasteiger partial charge is 0.497 e. The SMILES string of the molecule is CCNC(=O)C(C)(C)CN=C(NCC)NCC(c1ccc(OC)cc1)N1CCOCC1. The van der Waals surface area contributed by atoms with Gasteiger partial charge in [-0.3, -0.25) is 14.7 Å². The second kappa shape index (κ2) is 12.5. The quantitative estimate of drug-likeness (QED) is 0.385. The van der Waals surface area contributed by atoms with E-state index in [9.17, 15) is 4.79 Å². The second-order valence-corrected chi connectivity index (χ2v) is 8.26. The van der Waals surface area contributed by atoms with E-state index in [0.29, 0.717) is 25.6 Å². The summed E-state index contributed by atoms with van der Waals surface area (Å²) in [6, 6.07) is 8.40. The van der Waals surface area contributed by atoms with Gasteiger partial charge < -0.3 is 25.4 Å². The number of aliphatic imine (C=N–C) groups is 1. The second-order valence-electron chi connectivity index (χ2n) is 8.26. The standard InChI is InChI=1S/C23H39N5O3/c1-6-24-21(29)23(3,4)17-27-22(25-7-2)26-16-20(28-12-14-31-15-13-28)18-8-10-19(30-5)11-9-18/h8-11,20H,6-7,12-17H2,1-5H3,(H,24,29)(H2,25,26,27). The molecule has 8 heteroatoms. The molecule has 0 bridgehead atoms. The Hall–Kier alpha value is -2.32. The van der Waals surface area contributed by atoms with E-state index >= 15 is 0 Å². The van der Waals surface area contributed by atoms with Crippen molar-refractivity contribution in [3.63, 3.8) is 0 Å². The van der Waals surface area contributed by atoms with Gasteiger partial charge in [-0.15, -0.1) is 0 Å². The number of hydrogen-bond donors (Lipinski definition) is 3. The summed E-state index contributed by atoms with van der Waals surface area (Å²) < 4.78 is 10.9. The molecule has 0 saturated carbocycles. The zero-order valence-electron chi connectivity index (χ0n) is 19.7. The molecule has 8 nitrogen and oxygen atoms in total. The summed E-state index contributed by atoms with van der Waals surface area (Å²) in [4.78, 5) is 19.4. The number of benzene rings is 1. The summed E-state index contributed by atoms with van der Waals surface area (Å²) in [5.74, 6) is 1.57. The highest BCUT2D eigenvalue weighted by atomic mass is 16.5. The topological polar surface area (TPSA) is 87.2 Å². The van der Waals surface area contributed by atoms with Crippen LogP contribution in [-0.4, -0.2) is 76.4 Å². The fourth-order valence-corrected chi connectivity index (χ4v) is 3.46. The lowest BCUT2D eigenvalue weighted by atomic mass is 9.92. The monoisotopic (exact) mass is 433 g/mol. The maximum Gasteiger partial charge on any atom is 0.227 e. The van der Waals surface area contributed by atoms with Gasteiger partial charge in [-0.2, -0.15) is 0 Å². The third kappa shape index (κ3) is 7.70. The lowest BCUT2D eigenvalue weighted by Gasteiger charge is -2.35. The normalized spacial score (nSPS) is 16.5. The molecule has 1 saturated heterocycles. The van der Waals surface area contributed by atoms with Gasteiger partial charge in [-0.25, -0.2) is 0 Å². The zero-order valence-corrected chi connectivity index (χ0v) is 19.7. The minimum absolute atomic E-state index is 0.0130. The van der Waals surface area contributed by atoms with Gasteiger partial charge >= 0.3 is 0 Å². The Balaban J connectivity index is 2.12. The Morgan fingerprint density at radius 1 is 1.13 bits per heavy atom. The van der Waals surface area contributed by atoms with E-state index in [2.05, 4.69) is 33.0 Å². The maximum atomic E-state index is 12.3. The summed E-state index contributed by atoms with van der Waals surface area (Å²) in [6.45, 7) is 13.5. The molecule has 3 N–H and O–H groups in total. The molecule has 1 aromatic carbocycles. The highest BCUT2D eigenvalue weighted by molar-refractivity contribution is 5.83. The van der Waals surface area contributed by atoms with Crippen LogP contribution in [0.4, 0.5) is 0 Å². The highest BCUT2D eigenvalue weighted by Crippen LogP contribution is 2.23. The van der Waals surface area contributed by atoms with Crippen molar-refractivity contribution in [3.8, 4) is 5.75 Å². The van der Waals surface area contributed by atoms with E-state index in [1.54, 1.807) is 7.11 Å². The van der Waals surface area contributed by atoms with Crippen LogP contribution in [0.5, 0.6) is 5.75 Å². The van der Waals surface area contributed by atoms with Gasteiger partial charge in [0.15, 0.2) is 5.96 Å². The Bertz CT molecular complexity index is 700. The van der Waals surface area contributed by atoms with Gasteiger partial charge in [0.25, 0.3) is 0 Å². The van der Waals surface area contributed by atoms with E-state index in [4.69, 9.17) is 14.5 Å². The van der Waals surface area contributed by atoms with E-state index < -0.39 is 5.41 Å². The van der Waals surface area contributed by atoms with Gasteiger partial charge in [0.05, 0.1) is 38.3 Å². The number of morpholine rings is 1. The van der Waals surface area contributed by atoms with Crippen molar-refractivity contribution in [1.82, 2.24) is 20.9 Å². The molecular formula is C23H39N5O3. The molecule has 1 aromatic rings. The summed E-state index contributed by atoms with van der Waals surface area (Å²) >= 11 is 0. The third-order valence-corrected chi connectivity index (χ3v) is 5.38. The van der Waals surface area contributed by atoms with E-state index in [0.717, 1.165) is 38.6 Å². The molecule has 1 fully saturated rings. The molecule has 1 unspecified atom stereocenters. The van der Waals surface area contributed by atoms with Crippen LogP contribution >= 0.6 is 0 Å². The first-order chi connectivity index (χ1) is 14.9. The van der Waals surface area contributed by atoms with Crippen molar-refractivity contribution < 1.29 is 14.3 Å². The van der Waals surface area contributed by atoms with Crippen molar-refractivity contribution in [1.29, 1.82) is 0 Å². The van der Waals surface area contributed by atoms with Gasteiger partial charge in [-0.05, 0) is 45.4 Å². The molecule has 1 atom stereocenters.